The number of pyridine rings is 1. The maximum Gasteiger partial charge on any atom is 0.471 e. The first kappa shape index (κ1) is 22.8. The van der Waals surface area contributed by atoms with Crippen molar-refractivity contribution in [1.82, 2.24) is 10.3 Å². The molecule has 0 aliphatic heterocycles. The van der Waals surface area contributed by atoms with Gasteiger partial charge in [-0.2, -0.15) is 13.2 Å². The van der Waals surface area contributed by atoms with Crippen LogP contribution >= 0.6 is 0 Å². The highest BCUT2D eigenvalue weighted by atomic mass is 19.4. The van der Waals surface area contributed by atoms with E-state index in [4.69, 9.17) is 0 Å². The zero-order chi connectivity index (χ0) is 22.6. The molecule has 1 unspecified atom stereocenters. The molecule has 1 saturated carbocycles. The molecule has 5 nitrogen and oxygen atoms in total. The molecule has 31 heavy (non-hydrogen) atoms. The van der Waals surface area contributed by atoms with Crippen LogP contribution in [0.5, 0.6) is 0 Å². The van der Waals surface area contributed by atoms with Crippen LogP contribution in [0.4, 0.5) is 18.9 Å². The van der Waals surface area contributed by atoms with E-state index in [1.807, 2.05) is 0 Å². The zero-order valence-electron chi connectivity index (χ0n) is 17.6. The molecule has 166 valence electrons. The van der Waals surface area contributed by atoms with Gasteiger partial charge >= 0.3 is 12.1 Å². The number of nitrogens with one attached hydrogen (secondary N) is 1. The predicted octanol–water partition coefficient (Wildman–Crippen LogP) is 4.78. The number of hydrogen-bond donors (Lipinski definition) is 1. The number of amides is 2. The van der Waals surface area contributed by atoms with Crippen molar-refractivity contribution in [1.29, 1.82) is 0 Å². The minimum atomic E-state index is -5.15. The Kier molecular flexibility index (Phi) is 6.97. The minimum Gasteiger partial charge on any atom is -0.351 e. The molecule has 1 N–H and O–H groups in total. The van der Waals surface area contributed by atoms with Crippen LogP contribution in [-0.4, -0.2) is 29.0 Å². The third-order valence-electron chi connectivity index (χ3n) is 5.78. The maximum atomic E-state index is 13.7. The second kappa shape index (κ2) is 9.49. The lowest BCUT2D eigenvalue weighted by Crippen LogP contribution is -2.51. The largest absolute Gasteiger partial charge is 0.471 e. The van der Waals surface area contributed by atoms with E-state index >= 15 is 0 Å². The summed E-state index contributed by atoms with van der Waals surface area (Å²) in [6.07, 6.45) is 2.16. The molecule has 1 aromatic carbocycles. The van der Waals surface area contributed by atoms with Gasteiger partial charge in [-0.3, -0.25) is 19.5 Å². The lowest BCUT2D eigenvalue weighted by Gasteiger charge is -2.34. The molecule has 2 aromatic rings. The average Bonchev–Trinajstić information content (AvgIpc) is 2.74. The number of alkyl halides is 3. The summed E-state index contributed by atoms with van der Waals surface area (Å²) in [5.41, 5.74) is 1.55. The number of aryl methyl sites for hydroxylation is 1. The fourth-order valence-corrected chi connectivity index (χ4v) is 3.99. The molecule has 1 aliphatic rings. The van der Waals surface area contributed by atoms with Crippen LogP contribution in [0, 0.1) is 13.8 Å². The number of anilines is 1. The van der Waals surface area contributed by atoms with E-state index in [0.29, 0.717) is 10.5 Å². The van der Waals surface area contributed by atoms with Gasteiger partial charge in [0.2, 0.25) is 5.91 Å². The van der Waals surface area contributed by atoms with E-state index < -0.39 is 24.0 Å². The molecule has 8 heteroatoms. The minimum absolute atomic E-state index is 0.0583. The summed E-state index contributed by atoms with van der Waals surface area (Å²) >= 11 is 0. The van der Waals surface area contributed by atoms with Gasteiger partial charge in [-0.1, -0.05) is 31.4 Å². The highest BCUT2D eigenvalue weighted by Gasteiger charge is 2.48. The van der Waals surface area contributed by atoms with Crippen molar-refractivity contribution in [2.45, 2.75) is 64.2 Å². The normalized spacial score (nSPS) is 15.9. The zero-order valence-corrected chi connectivity index (χ0v) is 17.6. The van der Waals surface area contributed by atoms with Crippen molar-refractivity contribution >= 4 is 17.5 Å². The molecular formula is C23H26F3N3O2. The number of aromatic nitrogens is 1. The Morgan fingerprint density at radius 1 is 1.06 bits per heavy atom. The van der Waals surface area contributed by atoms with Gasteiger partial charge in [0.05, 0.1) is 0 Å². The number of rotatable bonds is 5. The third-order valence-corrected chi connectivity index (χ3v) is 5.78. The Bertz CT molecular complexity index is 925. The van der Waals surface area contributed by atoms with Crippen LogP contribution in [0.2, 0.25) is 0 Å². The quantitative estimate of drug-likeness (QED) is 0.738. The fraction of sp³-hybridized carbons (Fsp3) is 0.435. The molecule has 1 atom stereocenters. The summed E-state index contributed by atoms with van der Waals surface area (Å²) in [5, 5.41) is 2.89. The van der Waals surface area contributed by atoms with E-state index in [9.17, 15) is 22.8 Å². The monoisotopic (exact) mass is 433 g/mol. The van der Waals surface area contributed by atoms with Gasteiger partial charge in [0.25, 0.3) is 0 Å². The fourth-order valence-electron chi connectivity index (χ4n) is 3.99. The number of halogens is 3. The summed E-state index contributed by atoms with van der Waals surface area (Å²) in [6, 6.07) is 6.11. The summed E-state index contributed by atoms with van der Waals surface area (Å²) in [5.74, 6) is -2.71. The Balaban J connectivity index is 2.11. The molecule has 0 radical (unpaired) electrons. The summed E-state index contributed by atoms with van der Waals surface area (Å²) in [7, 11) is 0. The summed E-state index contributed by atoms with van der Waals surface area (Å²) in [4.78, 5) is 30.5. The average molecular weight is 433 g/mol. The molecule has 3 rings (SSSR count). The van der Waals surface area contributed by atoms with Crippen LogP contribution in [0.3, 0.4) is 0 Å². The van der Waals surface area contributed by atoms with Crippen molar-refractivity contribution in [3.63, 3.8) is 0 Å². The van der Waals surface area contributed by atoms with Crippen molar-refractivity contribution in [2.75, 3.05) is 4.90 Å². The van der Waals surface area contributed by atoms with Gasteiger partial charge in [0.1, 0.15) is 6.04 Å². The third kappa shape index (κ3) is 5.24. The van der Waals surface area contributed by atoms with Gasteiger partial charge in [0.15, 0.2) is 0 Å². The van der Waals surface area contributed by atoms with Crippen LogP contribution < -0.4 is 10.2 Å². The molecule has 2 amide bonds. The second-order valence-corrected chi connectivity index (χ2v) is 7.92. The number of carbonyl (C=O) groups excluding carboxylic acids is 2. The van der Waals surface area contributed by atoms with E-state index in [1.165, 1.54) is 30.6 Å². The Morgan fingerprint density at radius 2 is 1.71 bits per heavy atom. The summed E-state index contributed by atoms with van der Waals surface area (Å²) < 4.78 is 41.0. The molecule has 1 fully saturated rings. The Hall–Kier alpha value is -2.90. The summed E-state index contributed by atoms with van der Waals surface area (Å²) in [6.45, 7) is 3.39. The number of carbonyl (C=O) groups is 2. The molecule has 0 spiro atoms. The SMILES string of the molecule is Cc1cccc(N(C(=O)C(F)(F)F)C(C(=O)NC2CCCCC2)c2ccncc2)c1C. The smallest absolute Gasteiger partial charge is 0.351 e. The van der Waals surface area contributed by atoms with Gasteiger partial charge in [-0.15, -0.1) is 0 Å². The molecule has 0 bridgehead atoms. The van der Waals surface area contributed by atoms with E-state index in [-0.39, 0.29) is 17.3 Å². The Labute approximate surface area is 179 Å². The highest BCUT2D eigenvalue weighted by molar-refractivity contribution is 6.04. The first-order valence-electron chi connectivity index (χ1n) is 10.4. The van der Waals surface area contributed by atoms with Crippen molar-refractivity contribution in [3.8, 4) is 0 Å². The standard InChI is InChI=1S/C23H26F3N3O2/c1-15-7-6-10-19(16(15)2)29(22(31)23(24,25)26)20(17-11-13-27-14-12-17)21(30)28-18-8-4-3-5-9-18/h6-7,10-14,18,20H,3-5,8-9H2,1-2H3,(H,28,30). The van der Waals surface area contributed by atoms with Crippen LogP contribution in [0.1, 0.15) is 54.8 Å². The van der Waals surface area contributed by atoms with Crippen LogP contribution in [0.25, 0.3) is 0 Å². The lowest BCUT2D eigenvalue weighted by molar-refractivity contribution is -0.171. The van der Waals surface area contributed by atoms with Gasteiger partial charge < -0.3 is 5.32 Å². The van der Waals surface area contributed by atoms with Crippen molar-refractivity contribution in [2.24, 2.45) is 0 Å². The lowest BCUT2D eigenvalue weighted by atomic mass is 9.94. The maximum absolute atomic E-state index is 13.7. The number of benzene rings is 1. The second-order valence-electron chi connectivity index (χ2n) is 7.92. The highest BCUT2D eigenvalue weighted by Crippen LogP contribution is 2.35. The molecular weight excluding hydrogens is 407 g/mol. The van der Waals surface area contributed by atoms with Gasteiger partial charge in [-0.05, 0) is 61.6 Å². The Morgan fingerprint density at radius 3 is 2.32 bits per heavy atom. The van der Waals surface area contributed by atoms with Crippen LogP contribution in [0.15, 0.2) is 42.7 Å². The molecule has 1 aliphatic carbocycles. The van der Waals surface area contributed by atoms with Crippen LogP contribution in [-0.2, 0) is 9.59 Å². The number of nitrogens with zero attached hydrogens (tertiary/aromatic N) is 2. The van der Waals surface area contributed by atoms with E-state index in [1.54, 1.807) is 26.0 Å². The van der Waals surface area contributed by atoms with Crippen molar-refractivity contribution in [3.05, 3.63) is 59.4 Å². The topological polar surface area (TPSA) is 62.3 Å². The van der Waals surface area contributed by atoms with E-state index in [0.717, 1.165) is 37.7 Å². The molecule has 1 heterocycles. The first-order valence-corrected chi connectivity index (χ1v) is 10.4. The van der Waals surface area contributed by atoms with Gasteiger partial charge in [-0.25, -0.2) is 0 Å². The predicted molar refractivity (Wildman–Crippen MR) is 111 cm³/mol. The molecule has 1 aromatic heterocycles. The molecule has 0 saturated heterocycles. The van der Waals surface area contributed by atoms with E-state index in [2.05, 4.69) is 10.3 Å². The van der Waals surface area contributed by atoms with Crippen molar-refractivity contribution < 1.29 is 22.8 Å². The number of hydrogen-bond acceptors (Lipinski definition) is 3. The van der Waals surface area contributed by atoms with Gasteiger partial charge in [0, 0.05) is 24.1 Å². The first-order chi connectivity index (χ1) is 14.7.